The molecule has 1 fully saturated rings. The molecule has 2 heterocycles. The number of amides is 1. The first-order valence-electron chi connectivity index (χ1n) is 8.10. The second-order valence-corrected chi connectivity index (χ2v) is 8.26. The van der Waals surface area contributed by atoms with Crippen molar-refractivity contribution in [1.29, 1.82) is 0 Å². The van der Waals surface area contributed by atoms with Crippen LogP contribution in [0.5, 0.6) is 0 Å². The number of nitrogens with zero attached hydrogens (tertiary/aromatic N) is 4. The van der Waals surface area contributed by atoms with Gasteiger partial charge in [-0.25, -0.2) is 17.7 Å². The van der Waals surface area contributed by atoms with Gasteiger partial charge >= 0.3 is 0 Å². The molecule has 130 valence electrons. The van der Waals surface area contributed by atoms with E-state index in [1.807, 2.05) is 17.7 Å². The van der Waals surface area contributed by atoms with Gasteiger partial charge in [0.1, 0.15) is 0 Å². The number of hydrogen-bond donors (Lipinski definition) is 0. The van der Waals surface area contributed by atoms with Crippen LogP contribution in [0.3, 0.4) is 0 Å². The maximum absolute atomic E-state index is 12.8. The quantitative estimate of drug-likeness (QED) is 0.830. The summed E-state index contributed by atoms with van der Waals surface area (Å²) in [4.78, 5) is 18.8. The van der Waals surface area contributed by atoms with Crippen LogP contribution < -0.4 is 0 Å². The van der Waals surface area contributed by atoms with Crippen LogP contribution in [0.2, 0.25) is 0 Å². The molecular formula is C16H22N4O3S. The molecule has 0 aliphatic carbocycles. The summed E-state index contributed by atoms with van der Waals surface area (Å²) in [5, 5.41) is 0. The summed E-state index contributed by atoms with van der Waals surface area (Å²) in [6.45, 7) is 3.45. The lowest BCUT2D eigenvalue weighted by Crippen LogP contribution is -2.37. The predicted octanol–water partition coefficient (Wildman–Crippen LogP) is 1.07. The summed E-state index contributed by atoms with van der Waals surface area (Å²) in [6.07, 6.45) is 2.37. The predicted molar refractivity (Wildman–Crippen MR) is 92.3 cm³/mol. The zero-order valence-corrected chi connectivity index (χ0v) is 14.8. The number of sulfonamides is 1. The molecule has 1 aromatic heterocycles. The Morgan fingerprint density at radius 3 is 2.75 bits per heavy atom. The molecule has 8 heteroatoms. The SMILES string of the molecule is CCS(=O)(=O)N1CCCN(C(=O)c2ccc3c(c2)ncn3C)CC1. The van der Waals surface area contributed by atoms with Gasteiger partial charge in [-0.05, 0) is 31.5 Å². The minimum Gasteiger partial charge on any atom is -0.337 e. The molecule has 0 unspecified atom stereocenters. The number of benzene rings is 1. The van der Waals surface area contributed by atoms with Gasteiger partial charge in [0.15, 0.2) is 0 Å². The van der Waals surface area contributed by atoms with Crippen LogP contribution in [0.1, 0.15) is 23.7 Å². The van der Waals surface area contributed by atoms with Gasteiger partial charge in [-0.15, -0.1) is 0 Å². The van der Waals surface area contributed by atoms with Crippen molar-refractivity contribution < 1.29 is 13.2 Å². The summed E-state index contributed by atoms with van der Waals surface area (Å²) in [5.74, 6) is 0.0235. The molecule has 0 radical (unpaired) electrons. The lowest BCUT2D eigenvalue weighted by atomic mass is 10.1. The molecule has 2 aromatic rings. The van der Waals surface area contributed by atoms with Crippen molar-refractivity contribution >= 4 is 27.0 Å². The van der Waals surface area contributed by atoms with E-state index in [4.69, 9.17) is 0 Å². The number of carbonyl (C=O) groups excluding carboxylic acids is 1. The van der Waals surface area contributed by atoms with Crippen LogP contribution >= 0.6 is 0 Å². The summed E-state index contributed by atoms with van der Waals surface area (Å²) in [6, 6.07) is 5.49. The highest BCUT2D eigenvalue weighted by Gasteiger charge is 2.26. The van der Waals surface area contributed by atoms with Gasteiger partial charge in [0.25, 0.3) is 5.91 Å². The Balaban J connectivity index is 1.77. The third kappa shape index (κ3) is 3.16. The third-order valence-electron chi connectivity index (χ3n) is 4.47. The first-order valence-corrected chi connectivity index (χ1v) is 9.71. The van der Waals surface area contributed by atoms with E-state index < -0.39 is 10.0 Å². The molecule has 1 amide bonds. The van der Waals surface area contributed by atoms with Gasteiger partial charge in [0, 0.05) is 38.8 Å². The van der Waals surface area contributed by atoms with Crippen molar-refractivity contribution in [2.75, 3.05) is 31.9 Å². The van der Waals surface area contributed by atoms with Gasteiger partial charge in [-0.2, -0.15) is 0 Å². The van der Waals surface area contributed by atoms with Crippen molar-refractivity contribution in [3.63, 3.8) is 0 Å². The van der Waals surface area contributed by atoms with E-state index in [0.29, 0.717) is 38.2 Å². The van der Waals surface area contributed by atoms with E-state index in [1.54, 1.807) is 30.3 Å². The number of carbonyl (C=O) groups is 1. The Kier molecular flexibility index (Phi) is 4.60. The molecule has 24 heavy (non-hydrogen) atoms. The normalized spacial score (nSPS) is 17.2. The molecular weight excluding hydrogens is 328 g/mol. The van der Waals surface area contributed by atoms with E-state index in [9.17, 15) is 13.2 Å². The van der Waals surface area contributed by atoms with Crippen molar-refractivity contribution in [3.05, 3.63) is 30.1 Å². The molecule has 1 aliphatic rings. The average Bonchev–Trinajstić information content (AvgIpc) is 2.79. The highest BCUT2D eigenvalue weighted by atomic mass is 32.2. The zero-order chi connectivity index (χ0) is 17.3. The van der Waals surface area contributed by atoms with E-state index in [2.05, 4.69) is 4.98 Å². The first-order chi connectivity index (χ1) is 11.4. The van der Waals surface area contributed by atoms with Crippen molar-refractivity contribution in [2.45, 2.75) is 13.3 Å². The van der Waals surface area contributed by atoms with Crippen molar-refractivity contribution in [3.8, 4) is 0 Å². The second kappa shape index (κ2) is 6.52. The van der Waals surface area contributed by atoms with Gasteiger partial charge in [-0.3, -0.25) is 4.79 Å². The topological polar surface area (TPSA) is 75.5 Å². The van der Waals surface area contributed by atoms with Crippen LogP contribution in [0.4, 0.5) is 0 Å². The fourth-order valence-corrected chi connectivity index (χ4v) is 4.14. The van der Waals surface area contributed by atoms with E-state index in [-0.39, 0.29) is 11.7 Å². The van der Waals surface area contributed by atoms with Crippen LogP contribution in [0, 0.1) is 0 Å². The number of aryl methyl sites for hydroxylation is 1. The summed E-state index contributed by atoms with van der Waals surface area (Å²) in [7, 11) is -1.29. The Morgan fingerprint density at radius 2 is 2.00 bits per heavy atom. The monoisotopic (exact) mass is 350 g/mol. The first kappa shape index (κ1) is 16.9. The number of hydrogen-bond acceptors (Lipinski definition) is 4. The average molecular weight is 350 g/mol. The molecule has 1 aromatic carbocycles. The molecule has 0 spiro atoms. The molecule has 0 bridgehead atoms. The third-order valence-corrected chi connectivity index (χ3v) is 6.35. The molecule has 0 N–H and O–H groups in total. The minimum atomic E-state index is -3.20. The van der Waals surface area contributed by atoms with E-state index in [0.717, 1.165) is 11.0 Å². The number of fused-ring (bicyclic) bond motifs is 1. The van der Waals surface area contributed by atoms with Gasteiger partial charge in [-0.1, -0.05) is 0 Å². The van der Waals surface area contributed by atoms with E-state index >= 15 is 0 Å². The largest absolute Gasteiger partial charge is 0.337 e. The fraction of sp³-hybridized carbons (Fsp3) is 0.500. The smallest absolute Gasteiger partial charge is 0.253 e. The zero-order valence-electron chi connectivity index (χ0n) is 14.0. The van der Waals surface area contributed by atoms with Crippen molar-refractivity contribution in [2.24, 2.45) is 7.05 Å². The number of rotatable bonds is 3. The summed E-state index contributed by atoms with van der Waals surface area (Å²) < 4.78 is 27.4. The van der Waals surface area contributed by atoms with Crippen LogP contribution in [0.25, 0.3) is 11.0 Å². The summed E-state index contributed by atoms with van der Waals surface area (Å²) >= 11 is 0. The number of aromatic nitrogens is 2. The lowest BCUT2D eigenvalue weighted by molar-refractivity contribution is 0.0764. The molecule has 3 rings (SSSR count). The minimum absolute atomic E-state index is 0.0710. The standard InChI is InChI=1S/C16H22N4O3S/c1-3-24(22,23)20-8-4-7-19(9-10-20)16(21)13-5-6-15-14(11-13)17-12-18(15)2/h5-6,11-12H,3-4,7-10H2,1-2H3. The van der Waals surface area contributed by atoms with Crippen LogP contribution in [-0.2, 0) is 17.1 Å². The highest BCUT2D eigenvalue weighted by molar-refractivity contribution is 7.89. The Bertz CT molecular complexity index is 859. The second-order valence-electron chi connectivity index (χ2n) is 6.00. The Hall–Kier alpha value is -1.93. The highest BCUT2D eigenvalue weighted by Crippen LogP contribution is 2.17. The Labute approximate surface area is 141 Å². The molecule has 0 saturated carbocycles. The fourth-order valence-electron chi connectivity index (χ4n) is 3.01. The van der Waals surface area contributed by atoms with Crippen LogP contribution in [-0.4, -0.2) is 65.0 Å². The van der Waals surface area contributed by atoms with Crippen LogP contribution in [0.15, 0.2) is 24.5 Å². The molecule has 0 atom stereocenters. The number of imidazole rings is 1. The maximum Gasteiger partial charge on any atom is 0.253 e. The molecule has 1 saturated heterocycles. The Morgan fingerprint density at radius 1 is 1.21 bits per heavy atom. The summed E-state index contributed by atoms with van der Waals surface area (Å²) in [5.41, 5.74) is 2.35. The maximum atomic E-state index is 12.8. The van der Waals surface area contributed by atoms with Gasteiger partial charge in [0.2, 0.25) is 10.0 Å². The van der Waals surface area contributed by atoms with Crippen molar-refractivity contribution in [1.82, 2.24) is 18.8 Å². The molecule has 1 aliphatic heterocycles. The van der Waals surface area contributed by atoms with Gasteiger partial charge < -0.3 is 9.47 Å². The van der Waals surface area contributed by atoms with Gasteiger partial charge in [0.05, 0.1) is 23.1 Å². The lowest BCUT2D eigenvalue weighted by Gasteiger charge is -2.21. The van der Waals surface area contributed by atoms with E-state index in [1.165, 1.54) is 4.31 Å². The molecule has 7 nitrogen and oxygen atoms in total.